The summed E-state index contributed by atoms with van der Waals surface area (Å²) in [6, 6.07) is 9.02. The highest BCUT2D eigenvalue weighted by Crippen LogP contribution is 2.38. The molecule has 0 radical (unpaired) electrons. The van der Waals surface area contributed by atoms with Crippen LogP contribution in [0, 0.1) is 0 Å². The van der Waals surface area contributed by atoms with E-state index in [0.717, 1.165) is 16.6 Å². The van der Waals surface area contributed by atoms with Gasteiger partial charge in [-0.05, 0) is 75.8 Å². The van der Waals surface area contributed by atoms with Gasteiger partial charge in [0.2, 0.25) is 0 Å². The third kappa shape index (κ3) is 3.08. The summed E-state index contributed by atoms with van der Waals surface area (Å²) in [5.74, 6) is 0. The minimum Gasteiger partial charge on any atom is -0.389 e. The second kappa shape index (κ2) is 5.88. The van der Waals surface area contributed by atoms with E-state index in [9.17, 15) is 5.11 Å². The standard InChI is InChI=1S/C16H18BrNOS/c1-11(19)13-2-5-16(15(17)8-13)18(14-3-4-14)9-12-6-7-20-10-12/h2,5-8,10-11,14,19H,3-4,9H2,1H3/t11-/m1/s1. The van der Waals surface area contributed by atoms with Gasteiger partial charge in [-0.3, -0.25) is 0 Å². The van der Waals surface area contributed by atoms with Crippen molar-refractivity contribution in [2.45, 2.75) is 38.5 Å². The largest absolute Gasteiger partial charge is 0.389 e. The number of hydrogen-bond acceptors (Lipinski definition) is 3. The van der Waals surface area contributed by atoms with Crippen LogP contribution < -0.4 is 4.90 Å². The van der Waals surface area contributed by atoms with Gasteiger partial charge in [-0.1, -0.05) is 6.07 Å². The van der Waals surface area contributed by atoms with Gasteiger partial charge in [0.15, 0.2) is 0 Å². The maximum absolute atomic E-state index is 9.67. The van der Waals surface area contributed by atoms with E-state index >= 15 is 0 Å². The van der Waals surface area contributed by atoms with E-state index < -0.39 is 6.10 Å². The molecule has 0 unspecified atom stereocenters. The molecule has 3 rings (SSSR count). The zero-order valence-corrected chi connectivity index (χ0v) is 13.8. The topological polar surface area (TPSA) is 23.5 Å². The van der Waals surface area contributed by atoms with Crippen LogP contribution in [0.1, 0.15) is 37.0 Å². The maximum atomic E-state index is 9.67. The second-order valence-electron chi connectivity index (χ2n) is 5.38. The zero-order chi connectivity index (χ0) is 14.1. The molecule has 1 aliphatic rings. The first kappa shape index (κ1) is 14.1. The molecule has 2 aromatic rings. The van der Waals surface area contributed by atoms with Crippen LogP contribution in [0.4, 0.5) is 5.69 Å². The molecule has 0 amide bonds. The molecule has 0 spiro atoms. The molecule has 1 fully saturated rings. The monoisotopic (exact) mass is 351 g/mol. The highest BCUT2D eigenvalue weighted by Gasteiger charge is 2.30. The summed E-state index contributed by atoms with van der Waals surface area (Å²) in [5, 5.41) is 14.0. The van der Waals surface area contributed by atoms with Crippen LogP contribution in [0.3, 0.4) is 0 Å². The van der Waals surface area contributed by atoms with Crippen molar-refractivity contribution >= 4 is 33.0 Å². The van der Waals surface area contributed by atoms with Crippen molar-refractivity contribution in [3.63, 3.8) is 0 Å². The van der Waals surface area contributed by atoms with Crippen LogP contribution in [0.5, 0.6) is 0 Å². The van der Waals surface area contributed by atoms with Crippen molar-refractivity contribution in [3.05, 3.63) is 50.6 Å². The summed E-state index contributed by atoms with van der Waals surface area (Å²) in [7, 11) is 0. The third-order valence-corrected chi connectivity index (χ3v) is 5.05. The minimum absolute atomic E-state index is 0.424. The smallest absolute Gasteiger partial charge is 0.0762 e. The third-order valence-electron chi connectivity index (χ3n) is 3.68. The van der Waals surface area contributed by atoms with Gasteiger partial charge < -0.3 is 10.0 Å². The summed E-state index contributed by atoms with van der Waals surface area (Å²) in [4.78, 5) is 2.47. The molecular weight excluding hydrogens is 334 g/mol. The molecule has 1 aromatic carbocycles. The van der Waals surface area contributed by atoms with Gasteiger partial charge in [0, 0.05) is 17.1 Å². The fraction of sp³-hybridized carbons (Fsp3) is 0.375. The van der Waals surface area contributed by atoms with Gasteiger partial charge in [0.1, 0.15) is 0 Å². The first-order valence-corrected chi connectivity index (χ1v) is 8.64. The van der Waals surface area contributed by atoms with Crippen molar-refractivity contribution in [1.29, 1.82) is 0 Å². The molecule has 1 atom stereocenters. The molecule has 0 aliphatic heterocycles. The van der Waals surface area contributed by atoms with Gasteiger partial charge >= 0.3 is 0 Å². The van der Waals surface area contributed by atoms with Crippen LogP contribution in [0.25, 0.3) is 0 Å². The number of nitrogens with zero attached hydrogens (tertiary/aromatic N) is 1. The van der Waals surface area contributed by atoms with E-state index in [1.807, 2.05) is 12.1 Å². The van der Waals surface area contributed by atoms with E-state index in [0.29, 0.717) is 6.04 Å². The Morgan fingerprint density at radius 2 is 2.20 bits per heavy atom. The molecule has 1 aliphatic carbocycles. The van der Waals surface area contributed by atoms with Crippen LogP contribution in [-0.4, -0.2) is 11.1 Å². The molecule has 1 saturated carbocycles. The van der Waals surface area contributed by atoms with E-state index in [-0.39, 0.29) is 0 Å². The molecular formula is C16H18BrNOS. The Morgan fingerprint density at radius 1 is 1.40 bits per heavy atom. The Labute approximate surface area is 132 Å². The zero-order valence-electron chi connectivity index (χ0n) is 11.4. The van der Waals surface area contributed by atoms with E-state index in [1.54, 1.807) is 18.3 Å². The lowest BCUT2D eigenvalue weighted by Gasteiger charge is -2.26. The number of anilines is 1. The van der Waals surface area contributed by atoms with Crippen molar-refractivity contribution < 1.29 is 5.11 Å². The quantitative estimate of drug-likeness (QED) is 0.841. The molecule has 106 valence electrons. The average molecular weight is 352 g/mol. The van der Waals surface area contributed by atoms with Crippen molar-refractivity contribution in [2.75, 3.05) is 4.90 Å². The van der Waals surface area contributed by atoms with Crippen molar-refractivity contribution in [3.8, 4) is 0 Å². The number of hydrogen-bond donors (Lipinski definition) is 1. The fourth-order valence-corrected chi connectivity index (χ4v) is 3.68. The molecule has 1 heterocycles. The summed E-state index contributed by atoms with van der Waals surface area (Å²) >= 11 is 5.41. The predicted molar refractivity (Wildman–Crippen MR) is 88.3 cm³/mol. The van der Waals surface area contributed by atoms with Crippen LogP contribution >= 0.6 is 27.3 Å². The second-order valence-corrected chi connectivity index (χ2v) is 7.01. The van der Waals surface area contributed by atoms with Crippen molar-refractivity contribution in [2.24, 2.45) is 0 Å². The Balaban J connectivity index is 1.87. The maximum Gasteiger partial charge on any atom is 0.0762 e. The van der Waals surface area contributed by atoms with Crippen LogP contribution in [0.2, 0.25) is 0 Å². The lowest BCUT2D eigenvalue weighted by atomic mass is 10.1. The number of thiophene rings is 1. The number of halogens is 1. The van der Waals surface area contributed by atoms with Gasteiger partial charge in [-0.25, -0.2) is 0 Å². The van der Waals surface area contributed by atoms with E-state index in [4.69, 9.17) is 0 Å². The Bertz CT molecular complexity index is 578. The molecule has 1 aromatic heterocycles. The van der Waals surface area contributed by atoms with Gasteiger partial charge in [0.05, 0.1) is 11.8 Å². The first-order chi connectivity index (χ1) is 9.65. The first-order valence-electron chi connectivity index (χ1n) is 6.90. The molecule has 4 heteroatoms. The van der Waals surface area contributed by atoms with E-state index in [2.05, 4.69) is 43.7 Å². The summed E-state index contributed by atoms with van der Waals surface area (Å²) in [5.41, 5.74) is 3.54. The number of aliphatic hydroxyl groups is 1. The van der Waals surface area contributed by atoms with Gasteiger partial charge in [0.25, 0.3) is 0 Å². The molecule has 0 bridgehead atoms. The highest BCUT2D eigenvalue weighted by molar-refractivity contribution is 9.10. The van der Waals surface area contributed by atoms with Crippen molar-refractivity contribution in [1.82, 2.24) is 0 Å². The van der Waals surface area contributed by atoms with Crippen LogP contribution in [0.15, 0.2) is 39.5 Å². The molecule has 1 N–H and O–H groups in total. The van der Waals surface area contributed by atoms with E-state index in [1.165, 1.54) is 24.1 Å². The van der Waals surface area contributed by atoms with Crippen LogP contribution in [-0.2, 0) is 6.54 Å². The predicted octanol–water partition coefficient (Wildman–Crippen LogP) is 4.73. The van der Waals surface area contributed by atoms with Gasteiger partial charge in [-0.15, -0.1) is 0 Å². The molecule has 2 nitrogen and oxygen atoms in total. The summed E-state index contributed by atoms with van der Waals surface area (Å²) in [6.45, 7) is 2.76. The number of benzene rings is 1. The number of rotatable bonds is 5. The Kier molecular flexibility index (Phi) is 4.15. The fourth-order valence-electron chi connectivity index (χ4n) is 2.39. The SMILES string of the molecule is C[C@@H](O)c1ccc(N(Cc2ccsc2)C2CC2)c(Br)c1. The lowest BCUT2D eigenvalue weighted by molar-refractivity contribution is 0.199. The molecule has 20 heavy (non-hydrogen) atoms. The summed E-state index contributed by atoms with van der Waals surface area (Å²) in [6.07, 6.45) is 2.12. The minimum atomic E-state index is -0.424. The average Bonchev–Trinajstić information content (AvgIpc) is 3.14. The Hall–Kier alpha value is -0.840. The Morgan fingerprint density at radius 3 is 2.75 bits per heavy atom. The molecule has 0 saturated heterocycles. The summed E-state index contributed by atoms with van der Waals surface area (Å²) < 4.78 is 1.07. The number of aliphatic hydroxyl groups excluding tert-OH is 1. The normalized spacial score (nSPS) is 16.1. The highest BCUT2D eigenvalue weighted by atomic mass is 79.9. The lowest BCUT2D eigenvalue weighted by Crippen LogP contribution is -2.25. The van der Waals surface area contributed by atoms with Gasteiger partial charge in [-0.2, -0.15) is 11.3 Å².